The van der Waals surface area contributed by atoms with Crippen LogP contribution in [0.2, 0.25) is 0 Å². The average Bonchev–Trinajstić information content (AvgIpc) is 2.62. The van der Waals surface area contributed by atoms with Gasteiger partial charge in [0, 0.05) is 5.92 Å². The third-order valence-electron chi connectivity index (χ3n) is 3.06. The van der Waals surface area contributed by atoms with E-state index in [1.165, 1.54) is 29.5 Å². The van der Waals surface area contributed by atoms with Gasteiger partial charge in [0.1, 0.15) is 0 Å². The van der Waals surface area contributed by atoms with Gasteiger partial charge in [-0.15, -0.1) is 0 Å². The molecule has 0 N–H and O–H groups in total. The van der Waals surface area contributed by atoms with Crippen LogP contribution in [0.5, 0.6) is 0 Å². The van der Waals surface area contributed by atoms with Crippen molar-refractivity contribution >= 4 is 0 Å². The molecule has 1 aliphatic rings. The zero-order chi connectivity index (χ0) is 9.26. The highest BCUT2D eigenvalue weighted by Crippen LogP contribution is 2.31. The molecule has 0 aliphatic heterocycles. The van der Waals surface area contributed by atoms with Gasteiger partial charge in [-0.2, -0.15) is 0 Å². The molecule has 1 atom stereocenters. The smallest absolute Gasteiger partial charge is 0.00236 e. The number of rotatable bonds is 1. The molecule has 0 heterocycles. The fourth-order valence-corrected chi connectivity index (χ4v) is 2.07. The molecule has 0 amide bonds. The first-order chi connectivity index (χ1) is 6.29. The lowest BCUT2D eigenvalue weighted by molar-refractivity contribution is 0.793. The third-order valence-corrected chi connectivity index (χ3v) is 3.06. The Balaban J connectivity index is 2.39. The zero-order valence-electron chi connectivity index (χ0n) is 8.38. The summed E-state index contributed by atoms with van der Waals surface area (Å²) < 4.78 is 0. The van der Waals surface area contributed by atoms with Crippen LogP contribution in [0.4, 0.5) is 0 Å². The van der Waals surface area contributed by atoms with Gasteiger partial charge in [-0.25, -0.2) is 0 Å². The molecule has 0 fully saturated rings. The molecule has 2 rings (SSSR count). The molecule has 0 heteroatoms. The largest absolute Gasteiger partial charge is 0.0879 e. The number of hydrogen-bond acceptors (Lipinski definition) is 0. The summed E-state index contributed by atoms with van der Waals surface area (Å²) >= 11 is 0. The maximum Gasteiger partial charge on any atom is 0.00236 e. The highest BCUT2D eigenvalue weighted by molar-refractivity contribution is 5.38. The molecule has 0 aromatic heterocycles. The summed E-state index contributed by atoms with van der Waals surface area (Å²) in [6.07, 6.45) is 7.19. The van der Waals surface area contributed by atoms with Gasteiger partial charge < -0.3 is 0 Å². The van der Waals surface area contributed by atoms with Gasteiger partial charge in [0.05, 0.1) is 0 Å². The minimum absolute atomic E-state index is 0.680. The Labute approximate surface area is 80.3 Å². The molecule has 68 valence electrons. The Morgan fingerprint density at radius 3 is 2.77 bits per heavy atom. The molecule has 1 aromatic carbocycles. The Morgan fingerprint density at radius 1 is 1.23 bits per heavy atom. The SMILES string of the molecule is Cc1cccc(C2C=CCC2)c1C. The summed E-state index contributed by atoms with van der Waals surface area (Å²) in [6.45, 7) is 4.42. The minimum Gasteiger partial charge on any atom is -0.0879 e. The van der Waals surface area contributed by atoms with Crippen LogP contribution in [-0.2, 0) is 0 Å². The van der Waals surface area contributed by atoms with Crippen LogP contribution < -0.4 is 0 Å². The van der Waals surface area contributed by atoms with E-state index < -0.39 is 0 Å². The summed E-state index contributed by atoms with van der Waals surface area (Å²) in [5, 5.41) is 0. The standard InChI is InChI=1S/C13H16/c1-10-6-5-9-13(11(10)2)12-7-3-4-8-12/h3,5-7,9,12H,4,8H2,1-2H3. The van der Waals surface area contributed by atoms with Crippen molar-refractivity contribution in [1.82, 2.24) is 0 Å². The first kappa shape index (κ1) is 8.55. The molecule has 1 aromatic rings. The van der Waals surface area contributed by atoms with Crippen LogP contribution in [0.3, 0.4) is 0 Å². The first-order valence-corrected chi connectivity index (χ1v) is 5.02. The van der Waals surface area contributed by atoms with Crippen molar-refractivity contribution in [2.75, 3.05) is 0 Å². The second kappa shape index (κ2) is 3.37. The number of benzene rings is 1. The van der Waals surface area contributed by atoms with Gasteiger partial charge in [-0.3, -0.25) is 0 Å². The number of hydrogen-bond donors (Lipinski definition) is 0. The average molecular weight is 172 g/mol. The fourth-order valence-electron chi connectivity index (χ4n) is 2.07. The topological polar surface area (TPSA) is 0 Å². The van der Waals surface area contributed by atoms with Crippen LogP contribution in [0.25, 0.3) is 0 Å². The van der Waals surface area contributed by atoms with Gasteiger partial charge in [0.15, 0.2) is 0 Å². The van der Waals surface area contributed by atoms with Crippen LogP contribution >= 0.6 is 0 Å². The normalized spacial score (nSPS) is 20.9. The molecule has 0 bridgehead atoms. The maximum atomic E-state index is 2.35. The van der Waals surface area contributed by atoms with E-state index in [-0.39, 0.29) is 0 Å². The molecule has 1 unspecified atom stereocenters. The molecule has 0 nitrogen and oxygen atoms in total. The Hall–Kier alpha value is -1.04. The number of aryl methyl sites for hydroxylation is 1. The van der Waals surface area contributed by atoms with Crippen molar-refractivity contribution in [2.45, 2.75) is 32.6 Å². The highest BCUT2D eigenvalue weighted by atomic mass is 14.2. The van der Waals surface area contributed by atoms with Gasteiger partial charge in [0.2, 0.25) is 0 Å². The van der Waals surface area contributed by atoms with Crippen LogP contribution in [-0.4, -0.2) is 0 Å². The Kier molecular flexibility index (Phi) is 2.22. The predicted molar refractivity (Wildman–Crippen MR) is 57.0 cm³/mol. The lowest BCUT2D eigenvalue weighted by Crippen LogP contribution is -1.96. The second-order valence-electron chi connectivity index (χ2n) is 3.90. The third kappa shape index (κ3) is 1.53. The summed E-state index contributed by atoms with van der Waals surface area (Å²) in [6, 6.07) is 6.63. The Bertz CT molecular complexity index is 334. The van der Waals surface area contributed by atoms with Crippen molar-refractivity contribution in [3.05, 3.63) is 47.0 Å². The van der Waals surface area contributed by atoms with Gasteiger partial charge in [-0.05, 0) is 43.4 Å². The van der Waals surface area contributed by atoms with Crippen molar-refractivity contribution in [1.29, 1.82) is 0 Å². The molecular formula is C13H16. The van der Waals surface area contributed by atoms with Gasteiger partial charge >= 0.3 is 0 Å². The molecule has 0 saturated carbocycles. The van der Waals surface area contributed by atoms with Crippen molar-refractivity contribution in [2.24, 2.45) is 0 Å². The van der Waals surface area contributed by atoms with Crippen LogP contribution in [0, 0.1) is 13.8 Å². The van der Waals surface area contributed by atoms with E-state index in [0.29, 0.717) is 5.92 Å². The van der Waals surface area contributed by atoms with E-state index in [1.54, 1.807) is 0 Å². The van der Waals surface area contributed by atoms with Crippen molar-refractivity contribution < 1.29 is 0 Å². The summed E-state index contributed by atoms with van der Waals surface area (Å²) in [5.41, 5.74) is 4.41. The zero-order valence-corrected chi connectivity index (χ0v) is 8.38. The molecule has 13 heavy (non-hydrogen) atoms. The van der Waals surface area contributed by atoms with E-state index in [9.17, 15) is 0 Å². The summed E-state index contributed by atoms with van der Waals surface area (Å²) in [7, 11) is 0. The van der Waals surface area contributed by atoms with Gasteiger partial charge in [-0.1, -0.05) is 30.4 Å². The lowest BCUT2D eigenvalue weighted by Gasteiger charge is -2.13. The minimum atomic E-state index is 0.680. The summed E-state index contributed by atoms with van der Waals surface area (Å²) in [5.74, 6) is 0.680. The highest BCUT2D eigenvalue weighted by Gasteiger charge is 2.13. The van der Waals surface area contributed by atoms with Crippen LogP contribution in [0.1, 0.15) is 35.4 Å². The van der Waals surface area contributed by atoms with E-state index in [4.69, 9.17) is 0 Å². The molecule has 1 aliphatic carbocycles. The fraction of sp³-hybridized carbons (Fsp3) is 0.385. The van der Waals surface area contributed by atoms with Gasteiger partial charge in [0.25, 0.3) is 0 Å². The molecule has 0 saturated heterocycles. The quantitative estimate of drug-likeness (QED) is 0.566. The van der Waals surface area contributed by atoms with Crippen molar-refractivity contribution in [3.63, 3.8) is 0 Å². The van der Waals surface area contributed by atoms with Crippen LogP contribution in [0.15, 0.2) is 30.4 Å². The Morgan fingerprint density at radius 2 is 2.08 bits per heavy atom. The summed E-state index contributed by atoms with van der Waals surface area (Å²) in [4.78, 5) is 0. The first-order valence-electron chi connectivity index (χ1n) is 5.02. The second-order valence-corrected chi connectivity index (χ2v) is 3.90. The predicted octanol–water partition coefficient (Wildman–Crippen LogP) is 3.74. The molecular weight excluding hydrogens is 156 g/mol. The van der Waals surface area contributed by atoms with E-state index in [2.05, 4.69) is 44.2 Å². The van der Waals surface area contributed by atoms with E-state index in [0.717, 1.165) is 0 Å². The maximum absolute atomic E-state index is 2.35. The monoisotopic (exact) mass is 172 g/mol. The number of allylic oxidation sites excluding steroid dienone is 2. The molecule has 0 radical (unpaired) electrons. The molecule has 0 spiro atoms. The lowest BCUT2D eigenvalue weighted by atomic mass is 9.92. The van der Waals surface area contributed by atoms with E-state index >= 15 is 0 Å². The van der Waals surface area contributed by atoms with E-state index in [1.807, 2.05) is 0 Å². The van der Waals surface area contributed by atoms with Crippen molar-refractivity contribution in [3.8, 4) is 0 Å².